The van der Waals surface area contributed by atoms with Crippen LogP contribution in [0.5, 0.6) is 0 Å². The Labute approximate surface area is 123 Å². The SMILES string of the molecule is NC(=S)C1CCN(C(=O)Cc2ccccc2Cl)CC1. The number of amides is 1. The number of halogens is 1. The molecule has 0 bridgehead atoms. The van der Waals surface area contributed by atoms with E-state index in [1.54, 1.807) is 0 Å². The molecular weight excluding hydrogens is 280 g/mol. The Balaban J connectivity index is 1.92. The number of carbonyl (C=O) groups is 1. The molecule has 0 radical (unpaired) electrons. The molecule has 5 heteroatoms. The van der Waals surface area contributed by atoms with Crippen LogP contribution in [0.1, 0.15) is 18.4 Å². The molecular formula is C14H17ClN2OS. The third-order valence-electron chi connectivity index (χ3n) is 3.55. The summed E-state index contributed by atoms with van der Waals surface area (Å²) in [6.07, 6.45) is 2.09. The molecule has 0 saturated carbocycles. The van der Waals surface area contributed by atoms with Crippen molar-refractivity contribution < 1.29 is 4.79 Å². The van der Waals surface area contributed by atoms with E-state index in [1.807, 2.05) is 29.2 Å². The Morgan fingerprint density at radius 1 is 1.37 bits per heavy atom. The van der Waals surface area contributed by atoms with Gasteiger partial charge in [0.2, 0.25) is 5.91 Å². The van der Waals surface area contributed by atoms with E-state index >= 15 is 0 Å². The van der Waals surface area contributed by atoms with Crippen LogP contribution in [-0.2, 0) is 11.2 Å². The molecule has 0 aliphatic carbocycles. The maximum atomic E-state index is 12.2. The zero-order chi connectivity index (χ0) is 13.8. The van der Waals surface area contributed by atoms with Gasteiger partial charge in [-0.25, -0.2) is 0 Å². The highest BCUT2D eigenvalue weighted by Crippen LogP contribution is 2.20. The van der Waals surface area contributed by atoms with Crippen LogP contribution in [0, 0.1) is 5.92 Å². The fourth-order valence-electron chi connectivity index (χ4n) is 2.33. The third-order valence-corrected chi connectivity index (χ3v) is 4.25. The molecule has 1 amide bonds. The third kappa shape index (κ3) is 3.67. The van der Waals surface area contributed by atoms with E-state index in [2.05, 4.69) is 0 Å². The highest BCUT2D eigenvalue weighted by Gasteiger charge is 2.24. The summed E-state index contributed by atoms with van der Waals surface area (Å²) in [6.45, 7) is 1.45. The summed E-state index contributed by atoms with van der Waals surface area (Å²) in [6, 6.07) is 7.46. The van der Waals surface area contributed by atoms with Gasteiger partial charge in [0.1, 0.15) is 0 Å². The number of piperidine rings is 1. The van der Waals surface area contributed by atoms with Crippen molar-refractivity contribution in [3.63, 3.8) is 0 Å². The van der Waals surface area contributed by atoms with Crippen LogP contribution in [0.4, 0.5) is 0 Å². The minimum Gasteiger partial charge on any atom is -0.393 e. The molecule has 1 aromatic carbocycles. The number of carbonyl (C=O) groups excluding carboxylic acids is 1. The predicted octanol–water partition coefficient (Wildman–Crippen LogP) is 2.41. The molecule has 0 unspecified atom stereocenters. The van der Waals surface area contributed by atoms with E-state index in [4.69, 9.17) is 29.6 Å². The summed E-state index contributed by atoms with van der Waals surface area (Å²) in [5, 5.41) is 0.647. The molecule has 0 atom stereocenters. The number of benzene rings is 1. The monoisotopic (exact) mass is 296 g/mol. The first-order valence-electron chi connectivity index (χ1n) is 6.38. The lowest BCUT2D eigenvalue weighted by Gasteiger charge is -2.31. The highest BCUT2D eigenvalue weighted by atomic mass is 35.5. The topological polar surface area (TPSA) is 46.3 Å². The number of nitrogens with zero attached hydrogens (tertiary/aromatic N) is 1. The van der Waals surface area contributed by atoms with Crippen molar-refractivity contribution in [2.24, 2.45) is 11.7 Å². The molecule has 3 nitrogen and oxygen atoms in total. The quantitative estimate of drug-likeness (QED) is 0.871. The van der Waals surface area contributed by atoms with Gasteiger partial charge in [0.15, 0.2) is 0 Å². The molecule has 0 aromatic heterocycles. The van der Waals surface area contributed by atoms with Crippen molar-refractivity contribution >= 4 is 34.7 Å². The minimum atomic E-state index is 0.120. The van der Waals surface area contributed by atoms with E-state index in [9.17, 15) is 4.79 Å². The molecule has 2 N–H and O–H groups in total. The van der Waals surface area contributed by atoms with E-state index in [0.717, 1.165) is 31.5 Å². The predicted molar refractivity (Wildman–Crippen MR) is 81.2 cm³/mol. The molecule has 1 aromatic rings. The lowest BCUT2D eigenvalue weighted by atomic mass is 9.96. The van der Waals surface area contributed by atoms with E-state index in [0.29, 0.717) is 16.4 Å². The van der Waals surface area contributed by atoms with Gasteiger partial charge in [0.25, 0.3) is 0 Å². The summed E-state index contributed by atoms with van der Waals surface area (Å²) in [5.74, 6) is 0.397. The van der Waals surface area contributed by atoms with Crippen molar-refractivity contribution in [3.05, 3.63) is 34.9 Å². The zero-order valence-corrected chi connectivity index (χ0v) is 12.2. The van der Waals surface area contributed by atoms with E-state index in [1.165, 1.54) is 0 Å². The Kier molecular flexibility index (Phi) is 4.77. The normalized spacial score (nSPS) is 16.4. The second-order valence-electron chi connectivity index (χ2n) is 4.83. The van der Waals surface area contributed by atoms with Crippen LogP contribution in [0.25, 0.3) is 0 Å². The Bertz CT molecular complexity index is 484. The Morgan fingerprint density at radius 2 is 2.00 bits per heavy atom. The maximum Gasteiger partial charge on any atom is 0.227 e. The van der Waals surface area contributed by atoms with Crippen LogP contribution in [0.15, 0.2) is 24.3 Å². The van der Waals surface area contributed by atoms with Crippen LogP contribution in [0.3, 0.4) is 0 Å². The maximum absolute atomic E-state index is 12.2. The smallest absolute Gasteiger partial charge is 0.227 e. The minimum absolute atomic E-state index is 0.120. The number of thiocarbonyl (C=S) groups is 1. The number of rotatable bonds is 3. The summed E-state index contributed by atoms with van der Waals surface area (Å²) >= 11 is 11.1. The lowest BCUT2D eigenvalue weighted by molar-refractivity contribution is -0.131. The van der Waals surface area contributed by atoms with Gasteiger partial charge in [0.05, 0.1) is 11.4 Å². The van der Waals surface area contributed by atoms with Crippen molar-refractivity contribution in [2.45, 2.75) is 19.3 Å². The van der Waals surface area contributed by atoms with Gasteiger partial charge in [-0.1, -0.05) is 42.0 Å². The molecule has 1 aliphatic rings. The van der Waals surface area contributed by atoms with Gasteiger partial charge in [-0.05, 0) is 24.5 Å². The molecule has 0 spiro atoms. The molecule has 19 heavy (non-hydrogen) atoms. The van der Waals surface area contributed by atoms with Crippen molar-refractivity contribution in [2.75, 3.05) is 13.1 Å². The second-order valence-corrected chi connectivity index (χ2v) is 5.70. The van der Waals surface area contributed by atoms with Crippen molar-refractivity contribution in [1.29, 1.82) is 0 Å². The summed E-state index contributed by atoms with van der Waals surface area (Å²) in [4.78, 5) is 14.6. The largest absolute Gasteiger partial charge is 0.393 e. The van der Waals surface area contributed by atoms with Crippen LogP contribution in [0.2, 0.25) is 5.02 Å². The number of hydrogen-bond acceptors (Lipinski definition) is 2. The molecule has 1 aliphatic heterocycles. The lowest BCUT2D eigenvalue weighted by Crippen LogP contribution is -2.42. The fourth-order valence-corrected chi connectivity index (χ4v) is 2.77. The number of hydrogen-bond donors (Lipinski definition) is 1. The fraction of sp³-hybridized carbons (Fsp3) is 0.429. The van der Waals surface area contributed by atoms with Gasteiger partial charge in [-0.15, -0.1) is 0 Å². The summed E-state index contributed by atoms with van der Waals surface area (Å²) < 4.78 is 0. The zero-order valence-electron chi connectivity index (χ0n) is 10.6. The molecule has 1 saturated heterocycles. The first kappa shape index (κ1) is 14.3. The first-order chi connectivity index (χ1) is 9.08. The van der Waals surface area contributed by atoms with Gasteiger partial charge in [-0.3, -0.25) is 4.79 Å². The first-order valence-corrected chi connectivity index (χ1v) is 7.17. The standard InChI is InChI=1S/C14H17ClN2OS/c15-12-4-2-1-3-11(12)9-13(18)17-7-5-10(6-8-17)14(16)19/h1-4,10H,5-9H2,(H2,16,19). The van der Waals surface area contributed by atoms with Crippen LogP contribution >= 0.6 is 23.8 Å². The summed E-state index contributed by atoms with van der Waals surface area (Å²) in [7, 11) is 0. The number of nitrogens with two attached hydrogens (primary N) is 1. The average Bonchev–Trinajstić information content (AvgIpc) is 2.41. The Morgan fingerprint density at radius 3 is 2.58 bits per heavy atom. The van der Waals surface area contributed by atoms with Crippen LogP contribution in [-0.4, -0.2) is 28.9 Å². The average molecular weight is 297 g/mol. The van der Waals surface area contributed by atoms with Crippen molar-refractivity contribution in [3.8, 4) is 0 Å². The van der Waals surface area contributed by atoms with Crippen molar-refractivity contribution in [1.82, 2.24) is 4.90 Å². The van der Waals surface area contributed by atoms with Gasteiger partial charge >= 0.3 is 0 Å². The molecule has 102 valence electrons. The number of likely N-dealkylation sites (tertiary alicyclic amines) is 1. The Hall–Kier alpha value is -1.13. The van der Waals surface area contributed by atoms with E-state index in [-0.39, 0.29) is 11.8 Å². The molecule has 1 fully saturated rings. The van der Waals surface area contributed by atoms with Gasteiger partial charge in [-0.2, -0.15) is 0 Å². The van der Waals surface area contributed by atoms with Gasteiger partial charge in [0, 0.05) is 24.0 Å². The second kappa shape index (κ2) is 6.35. The van der Waals surface area contributed by atoms with E-state index < -0.39 is 0 Å². The summed E-state index contributed by atoms with van der Waals surface area (Å²) in [5.41, 5.74) is 6.52. The highest BCUT2D eigenvalue weighted by molar-refractivity contribution is 7.80. The van der Waals surface area contributed by atoms with Crippen LogP contribution < -0.4 is 5.73 Å². The molecule has 1 heterocycles. The molecule has 2 rings (SSSR count). The van der Waals surface area contributed by atoms with Gasteiger partial charge < -0.3 is 10.6 Å².